The number of aromatic nitrogens is 2. The van der Waals surface area contributed by atoms with Gasteiger partial charge in [-0.1, -0.05) is 41.6 Å². The highest BCUT2D eigenvalue weighted by Gasteiger charge is 2.28. The molecule has 6 nitrogen and oxygen atoms in total. The number of amides is 1. The average Bonchev–Trinajstić information content (AvgIpc) is 2.86. The van der Waals surface area contributed by atoms with Crippen LogP contribution in [0.25, 0.3) is 0 Å². The summed E-state index contributed by atoms with van der Waals surface area (Å²) in [5.41, 5.74) is 2.30. The molecule has 3 aromatic rings. The first-order chi connectivity index (χ1) is 16.0. The van der Waals surface area contributed by atoms with Gasteiger partial charge in [-0.2, -0.15) is 0 Å². The van der Waals surface area contributed by atoms with E-state index in [4.69, 9.17) is 4.74 Å². The molecule has 1 aliphatic rings. The fraction of sp³-hybridized carbons (Fsp3) is 0.346. The lowest BCUT2D eigenvalue weighted by molar-refractivity contribution is -0.126. The van der Waals surface area contributed by atoms with E-state index in [2.05, 4.69) is 51.4 Å². The van der Waals surface area contributed by atoms with E-state index in [1.807, 2.05) is 31.2 Å². The summed E-state index contributed by atoms with van der Waals surface area (Å²) in [7, 11) is 1.65. The van der Waals surface area contributed by atoms with Crippen LogP contribution in [-0.2, 0) is 4.79 Å². The van der Waals surface area contributed by atoms with Crippen LogP contribution < -0.4 is 15.0 Å². The summed E-state index contributed by atoms with van der Waals surface area (Å²) in [6.07, 6.45) is 5.07. The highest BCUT2D eigenvalue weighted by molar-refractivity contribution is 7.99. The van der Waals surface area contributed by atoms with Gasteiger partial charge in [-0.05, 0) is 56.5 Å². The number of hydrogen-bond donors (Lipinski definition) is 1. The number of piperidine rings is 1. The second kappa shape index (κ2) is 10.7. The molecule has 0 saturated carbocycles. The third kappa shape index (κ3) is 5.85. The van der Waals surface area contributed by atoms with Crippen molar-refractivity contribution >= 4 is 23.5 Å². The van der Waals surface area contributed by atoms with Crippen molar-refractivity contribution in [2.45, 2.75) is 42.7 Å². The molecule has 1 saturated heterocycles. The smallest absolute Gasteiger partial charge is 0.223 e. The van der Waals surface area contributed by atoms with Gasteiger partial charge in [0.15, 0.2) is 5.82 Å². The average molecular weight is 463 g/mol. The van der Waals surface area contributed by atoms with Crippen molar-refractivity contribution in [2.24, 2.45) is 5.92 Å². The number of benzene rings is 2. The predicted octanol–water partition coefficient (Wildman–Crippen LogP) is 5.04. The lowest BCUT2D eigenvalue weighted by Gasteiger charge is -2.33. The molecule has 172 valence electrons. The van der Waals surface area contributed by atoms with E-state index in [-0.39, 0.29) is 17.9 Å². The Morgan fingerprint density at radius 3 is 2.39 bits per heavy atom. The molecule has 1 aromatic heterocycles. The van der Waals surface area contributed by atoms with Crippen molar-refractivity contribution < 1.29 is 9.53 Å². The van der Waals surface area contributed by atoms with Crippen molar-refractivity contribution in [2.75, 3.05) is 25.1 Å². The minimum Gasteiger partial charge on any atom is -0.497 e. The first-order valence-corrected chi connectivity index (χ1v) is 12.1. The molecule has 2 heterocycles. The number of methoxy groups -OCH3 is 1. The molecule has 4 rings (SSSR count). The summed E-state index contributed by atoms with van der Waals surface area (Å²) in [6, 6.07) is 16.2. The van der Waals surface area contributed by atoms with Crippen molar-refractivity contribution in [3.63, 3.8) is 0 Å². The van der Waals surface area contributed by atoms with Gasteiger partial charge in [-0.15, -0.1) is 0 Å². The second-order valence-electron chi connectivity index (χ2n) is 8.36. The Hall–Kier alpha value is -3.06. The lowest BCUT2D eigenvalue weighted by Crippen LogP contribution is -2.41. The van der Waals surface area contributed by atoms with Crippen molar-refractivity contribution in [3.8, 4) is 5.75 Å². The van der Waals surface area contributed by atoms with Gasteiger partial charge >= 0.3 is 0 Å². The minimum atomic E-state index is -0.0427. The van der Waals surface area contributed by atoms with Gasteiger partial charge in [0, 0.05) is 36.3 Å². The Bertz CT molecular complexity index is 1060. The number of anilines is 1. The zero-order chi connectivity index (χ0) is 23.2. The van der Waals surface area contributed by atoms with Gasteiger partial charge in [0.2, 0.25) is 5.91 Å². The van der Waals surface area contributed by atoms with E-state index < -0.39 is 0 Å². The van der Waals surface area contributed by atoms with Crippen LogP contribution in [-0.4, -0.2) is 36.1 Å². The highest BCUT2D eigenvalue weighted by atomic mass is 32.2. The molecule has 1 aliphatic heterocycles. The quantitative estimate of drug-likeness (QED) is 0.531. The first-order valence-electron chi connectivity index (χ1n) is 11.3. The van der Waals surface area contributed by atoms with Gasteiger partial charge in [-0.3, -0.25) is 4.79 Å². The predicted molar refractivity (Wildman–Crippen MR) is 132 cm³/mol. The summed E-state index contributed by atoms with van der Waals surface area (Å²) in [5, 5.41) is 4.08. The molecule has 0 radical (unpaired) electrons. The normalized spacial score (nSPS) is 15.2. The minimum absolute atomic E-state index is 0.00632. The Balaban J connectivity index is 1.34. The molecule has 1 N–H and O–H groups in total. The molecule has 1 amide bonds. The van der Waals surface area contributed by atoms with Gasteiger partial charge in [0.1, 0.15) is 10.8 Å². The van der Waals surface area contributed by atoms with E-state index in [0.717, 1.165) is 53.0 Å². The van der Waals surface area contributed by atoms with Crippen LogP contribution >= 0.6 is 11.8 Å². The Morgan fingerprint density at radius 2 is 1.73 bits per heavy atom. The van der Waals surface area contributed by atoms with Gasteiger partial charge in [0.05, 0.1) is 13.2 Å². The summed E-state index contributed by atoms with van der Waals surface area (Å²) in [4.78, 5) is 25.5. The zero-order valence-corrected chi connectivity index (χ0v) is 20.1. The van der Waals surface area contributed by atoms with E-state index in [1.54, 1.807) is 31.3 Å². The largest absolute Gasteiger partial charge is 0.497 e. The van der Waals surface area contributed by atoms with Crippen molar-refractivity contribution in [3.05, 3.63) is 72.1 Å². The molecule has 0 aliphatic carbocycles. The van der Waals surface area contributed by atoms with Crippen LogP contribution in [0.5, 0.6) is 5.75 Å². The van der Waals surface area contributed by atoms with Gasteiger partial charge in [-0.25, -0.2) is 9.97 Å². The fourth-order valence-corrected chi connectivity index (χ4v) is 4.87. The molecular weight excluding hydrogens is 432 g/mol. The maximum absolute atomic E-state index is 12.9. The van der Waals surface area contributed by atoms with E-state index >= 15 is 0 Å². The van der Waals surface area contributed by atoms with Crippen LogP contribution in [0.1, 0.15) is 36.9 Å². The number of carbonyl (C=O) groups is 1. The summed E-state index contributed by atoms with van der Waals surface area (Å²) < 4.78 is 5.21. The molecule has 1 atom stereocenters. The lowest BCUT2D eigenvalue weighted by atomic mass is 9.95. The summed E-state index contributed by atoms with van der Waals surface area (Å²) in [6.45, 7) is 5.67. The number of ether oxygens (including phenoxy) is 1. The number of nitrogens with one attached hydrogen (secondary N) is 1. The number of rotatable bonds is 7. The SMILES string of the molecule is COc1ccc([C@@H](C)NC(=O)C2CCN(c3nccnc3Sc3ccc(C)cc3)CC2)cc1. The standard InChI is InChI=1S/C26H30N4O2S/c1-18-4-10-23(11-5-18)33-26-24(27-14-15-28-26)30-16-12-21(13-17-30)25(31)29-19(2)20-6-8-22(32-3)9-7-20/h4-11,14-15,19,21H,12-13,16-17H2,1-3H3,(H,29,31)/t19-/m1/s1. The van der Waals surface area contributed by atoms with Gasteiger partial charge in [0.25, 0.3) is 0 Å². The van der Waals surface area contributed by atoms with Crippen LogP contribution in [0.2, 0.25) is 0 Å². The molecular formula is C26H30N4O2S. The maximum Gasteiger partial charge on any atom is 0.223 e. The molecule has 0 unspecified atom stereocenters. The Labute approximate surface area is 199 Å². The molecule has 33 heavy (non-hydrogen) atoms. The van der Waals surface area contributed by atoms with Crippen molar-refractivity contribution in [1.29, 1.82) is 0 Å². The second-order valence-corrected chi connectivity index (χ2v) is 9.43. The monoisotopic (exact) mass is 462 g/mol. The first kappa shape index (κ1) is 23.1. The van der Waals surface area contributed by atoms with E-state index in [9.17, 15) is 4.79 Å². The number of carbonyl (C=O) groups excluding carboxylic acids is 1. The zero-order valence-electron chi connectivity index (χ0n) is 19.3. The molecule has 2 aromatic carbocycles. The Kier molecular flexibility index (Phi) is 7.50. The topological polar surface area (TPSA) is 67.3 Å². The maximum atomic E-state index is 12.9. The number of nitrogens with zero attached hydrogens (tertiary/aromatic N) is 3. The van der Waals surface area contributed by atoms with Crippen molar-refractivity contribution in [1.82, 2.24) is 15.3 Å². The number of hydrogen-bond acceptors (Lipinski definition) is 6. The third-order valence-electron chi connectivity index (χ3n) is 6.02. The van der Waals surface area contributed by atoms with E-state index in [1.165, 1.54) is 5.56 Å². The molecule has 0 spiro atoms. The fourth-order valence-electron chi connectivity index (χ4n) is 3.99. The van der Waals surface area contributed by atoms with Crippen LogP contribution in [0.4, 0.5) is 5.82 Å². The summed E-state index contributed by atoms with van der Waals surface area (Å²) in [5.74, 6) is 1.83. The van der Waals surface area contributed by atoms with Crippen LogP contribution in [0.15, 0.2) is 70.8 Å². The third-order valence-corrected chi connectivity index (χ3v) is 7.01. The highest BCUT2D eigenvalue weighted by Crippen LogP contribution is 2.34. The summed E-state index contributed by atoms with van der Waals surface area (Å²) >= 11 is 1.63. The number of aryl methyl sites for hydroxylation is 1. The molecule has 0 bridgehead atoms. The van der Waals surface area contributed by atoms with E-state index in [0.29, 0.717) is 0 Å². The molecule has 7 heteroatoms. The molecule has 1 fully saturated rings. The van der Waals surface area contributed by atoms with Gasteiger partial charge < -0.3 is 15.0 Å². The van der Waals surface area contributed by atoms with Crippen LogP contribution in [0, 0.1) is 12.8 Å². The van der Waals surface area contributed by atoms with Crippen LogP contribution in [0.3, 0.4) is 0 Å². The Morgan fingerprint density at radius 1 is 1.06 bits per heavy atom.